The van der Waals surface area contributed by atoms with Crippen LogP contribution in [0, 0.1) is 5.92 Å². The summed E-state index contributed by atoms with van der Waals surface area (Å²) in [6.45, 7) is 6.25. The molecule has 30 heavy (non-hydrogen) atoms. The van der Waals surface area contributed by atoms with E-state index in [2.05, 4.69) is 15.5 Å². The first-order chi connectivity index (χ1) is 14.5. The maximum atomic E-state index is 13.0. The molecule has 1 aliphatic heterocycles. The number of nitrogens with zero attached hydrogens (tertiary/aromatic N) is 1. The van der Waals surface area contributed by atoms with Crippen molar-refractivity contribution in [1.29, 1.82) is 0 Å². The van der Waals surface area contributed by atoms with E-state index in [9.17, 15) is 9.59 Å². The van der Waals surface area contributed by atoms with Crippen LogP contribution < -0.4 is 10.6 Å². The summed E-state index contributed by atoms with van der Waals surface area (Å²) in [6.07, 6.45) is 5.20. The number of furan rings is 1. The van der Waals surface area contributed by atoms with Gasteiger partial charge in [-0.3, -0.25) is 14.5 Å². The van der Waals surface area contributed by atoms with E-state index in [0.29, 0.717) is 17.1 Å². The summed E-state index contributed by atoms with van der Waals surface area (Å²) >= 11 is 5.89. The number of benzene rings is 1. The van der Waals surface area contributed by atoms with Crippen molar-refractivity contribution in [2.75, 3.05) is 19.6 Å². The van der Waals surface area contributed by atoms with Crippen LogP contribution in [-0.2, 0) is 4.79 Å². The average Bonchev–Trinajstić information content (AvgIpc) is 3.27. The van der Waals surface area contributed by atoms with Gasteiger partial charge in [0.15, 0.2) is 0 Å². The maximum Gasteiger partial charge on any atom is 0.251 e. The number of carbonyl (C=O) groups is 2. The zero-order chi connectivity index (χ0) is 21.5. The molecule has 0 spiro atoms. The van der Waals surface area contributed by atoms with E-state index in [1.165, 1.54) is 6.42 Å². The van der Waals surface area contributed by atoms with Crippen LogP contribution in [0.25, 0.3) is 0 Å². The van der Waals surface area contributed by atoms with E-state index in [0.717, 1.165) is 31.7 Å². The molecule has 1 fully saturated rings. The molecule has 2 amide bonds. The lowest BCUT2D eigenvalue weighted by atomic mass is 10.0. The van der Waals surface area contributed by atoms with Crippen LogP contribution >= 0.6 is 11.6 Å². The molecule has 0 bridgehead atoms. The molecule has 7 heteroatoms. The Morgan fingerprint density at radius 1 is 1.10 bits per heavy atom. The highest BCUT2D eigenvalue weighted by Gasteiger charge is 2.28. The van der Waals surface area contributed by atoms with Gasteiger partial charge >= 0.3 is 0 Å². The van der Waals surface area contributed by atoms with Crippen molar-refractivity contribution < 1.29 is 14.0 Å². The summed E-state index contributed by atoms with van der Waals surface area (Å²) in [4.78, 5) is 27.9. The molecular formula is C23H30ClN3O3. The van der Waals surface area contributed by atoms with E-state index in [1.54, 1.807) is 30.5 Å². The second kappa shape index (κ2) is 10.6. The first-order valence-electron chi connectivity index (χ1n) is 10.6. The van der Waals surface area contributed by atoms with Crippen molar-refractivity contribution >= 4 is 23.4 Å². The second-order valence-corrected chi connectivity index (χ2v) is 8.51. The quantitative estimate of drug-likeness (QED) is 0.661. The molecule has 6 nitrogen and oxygen atoms in total. The molecule has 2 N–H and O–H groups in total. The molecule has 2 aromatic rings. The Kier molecular flexibility index (Phi) is 7.94. The minimum absolute atomic E-state index is 0.0102. The summed E-state index contributed by atoms with van der Waals surface area (Å²) in [5, 5.41) is 6.46. The average molecular weight is 432 g/mol. The van der Waals surface area contributed by atoms with Crippen molar-refractivity contribution in [2.24, 2.45) is 5.92 Å². The van der Waals surface area contributed by atoms with Crippen molar-refractivity contribution in [1.82, 2.24) is 15.5 Å². The van der Waals surface area contributed by atoms with Crippen LogP contribution in [0.15, 0.2) is 47.1 Å². The zero-order valence-electron chi connectivity index (χ0n) is 17.6. The normalized spacial score (nSPS) is 16.8. The Morgan fingerprint density at radius 2 is 1.80 bits per heavy atom. The molecule has 162 valence electrons. The predicted octanol–water partition coefficient (Wildman–Crippen LogP) is 4.03. The van der Waals surface area contributed by atoms with Crippen LogP contribution in [0.1, 0.15) is 55.3 Å². The first kappa shape index (κ1) is 22.4. The Labute approximate surface area is 183 Å². The standard InChI is InChI=1S/C23H30ClN3O3/c1-16(2)21(26-22(28)17-8-10-18(24)11-9-17)23(29)25-15-19(20-7-6-14-30-20)27-12-4-3-5-13-27/h6-11,14,16,19,21H,3-5,12-13,15H2,1-2H3,(H,25,29)(H,26,28). The largest absolute Gasteiger partial charge is 0.468 e. The van der Waals surface area contributed by atoms with E-state index >= 15 is 0 Å². The molecule has 1 aromatic carbocycles. The van der Waals surface area contributed by atoms with Gasteiger partial charge in [0.1, 0.15) is 11.8 Å². The fourth-order valence-electron chi connectivity index (χ4n) is 3.79. The second-order valence-electron chi connectivity index (χ2n) is 8.08. The number of amides is 2. The van der Waals surface area contributed by atoms with Gasteiger partial charge in [-0.15, -0.1) is 0 Å². The van der Waals surface area contributed by atoms with Gasteiger partial charge in [-0.05, 0) is 68.2 Å². The maximum absolute atomic E-state index is 13.0. The molecule has 1 aromatic heterocycles. The van der Waals surface area contributed by atoms with E-state index in [1.807, 2.05) is 26.0 Å². The smallest absolute Gasteiger partial charge is 0.251 e. The van der Waals surface area contributed by atoms with Crippen molar-refractivity contribution in [3.05, 3.63) is 59.0 Å². The van der Waals surface area contributed by atoms with Crippen LogP contribution in [0.2, 0.25) is 5.02 Å². The number of piperidine rings is 1. The van der Waals surface area contributed by atoms with Crippen LogP contribution in [0.5, 0.6) is 0 Å². The fourth-order valence-corrected chi connectivity index (χ4v) is 3.91. The number of halogens is 1. The molecule has 2 heterocycles. The number of carbonyl (C=O) groups excluding carboxylic acids is 2. The lowest BCUT2D eigenvalue weighted by Crippen LogP contribution is -2.51. The lowest BCUT2D eigenvalue weighted by molar-refractivity contribution is -0.124. The monoisotopic (exact) mass is 431 g/mol. The summed E-state index contributed by atoms with van der Waals surface area (Å²) in [7, 11) is 0. The van der Waals surface area contributed by atoms with Gasteiger partial charge in [0.05, 0.1) is 12.3 Å². The van der Waals surface area contributed by atoms with Crippen molar-refractivity contribution in [3.8, 4) is 0 Å². The van der Waals surface area contributed by atoms with E-state index in [-0.39, 0.29) is 23.8 Å². The molecule has 0 aliphatic carbocycles. The van der Waals surface area contributed by atoms with Gasteiger partial charge in [-0.2, -0.15) is 0 Å². The first-order valence-corrected chi connectivity index (χ1v) is 10.9. The highest BCUT2D eigenvalue weighted by molar-refractivity contribution is 6.30. The Hall–Kier alpha value is -2.31. The predicted molar refractivity (Wildman–Crippen MR) is 117 cm³/mol. The number of rotatable bonds is 8. The number of nitrogens with one attached hydrogen (secondary N) is 2. The Bertz CT molecular complexity index is 815. The topological polar surface area (TPSA) is 74.6 Å². The summed E-state index contributed by atoms with van der Waals surface area (Å²) < 4.78 is 5.65. The van der Waals surface area contributed by atoms with Gasteiger partial charge in [-0.1, -0.05) is 31.9 Å². The number of likely N-dealkylation sites (tertiary alicyclic amines) is 1. The molecule has 2 unspecified atom stereocenters. The highest BCUT2D eigenvalue weighted by atomic mass is 35.5. The summed E-state index contributed by atoms with van der Waals surface area (Å²) in [5.74, 6) is 0.307. The SMILES string of the molecule is CC(C)C(NC(=O)c1ccc(Cl)cc1)C(=O)NCC(c1ccco1)N1CCCCC1. The summed E-state index contributed by atoms with van der Waals surface area (Å²) in [6, 6.07) is 9.80. The molecule has 2 atom stereocenters. The number of hydrogen-bond donors (Lipinski definition) is 2. The van der Waals surface area contributed by atoms with Crippen LogP contribution in [0.4, 0.5) is 0 Å². The van der Waals surface area contributed by atoms with Gasteiger partial charge in [0.2, 0.25) is 5.91 Å². The van der Waals surface area contributed by atoms with Gasteiger partial charge in [-0.25, -0.2) is 0 Å². The lowest BCUT2D eigenvalue weighted by Gasteiger charge is -2.34. The van der Waals surface area contributed by atoms with E-state index in [4.69, 9.17) is 16.0 Å². The van der Waals surface area contributed by atoms with Gasteiger partial charge in [0.25, 0.3) is 5.91 Å². The number of hydrogen-bond acceptors (Lipinski definition) is 4. The molecule has 1 saturated heterocycles. The molecule has 0 saturated carbocycles. The third kappa shape index (κ3) is 5.86. The molecule has 1 aliphatic rings. The molecule has 0 radical (unpaired) electrons. The van der Waals surface area contributed by atoms with Gasteiger partial charge in [0, 0.05) is 17.1 Å². The zero-order valence-corrected chi connectivity index (χ0v) is 18.3. The highest BCUT2D eigenvalue weighted by Crippen LogP contribution is 2.24. The third-order valence-corrected chi connectivity index (χ3v) is 5.77. The van der Waals surface area contributed by atoms with Crippen LogP contribution in [-0.4, -0.2) is 42.4 Å². The van der Waals surface area contributed by atoms with E-state index < -0.39 is 6.04 Å². The third-order valence-electron chi connectivity index (χ3n) is 5.51. The van der Waals surface area contributed by atoms with Crippen molar-refractivity contribution in [3.63, 3.8) is 0 Å². The minimum Gasteiger partial charge on any atom is -0.468 e. The van der Waals surface area contributed by atoms with Crippen molar-refractivity contribution in [2.45, 2.75) is 45.2 Å². The molecular weight excluding hydrogens is 402 g/mol. The fraction of sp³-hybridized carbons (Fsp3) is 0.478. The van der Waals surface area contributed by atoms with Crippen LogP contribution in [0.3, 0.4) is 0 Å². The Morgan fingerprint density at radius 3 is 2.40 bits per heavy atom. The molecule has 3 rings (SSSR count). The minimum atomic E-state index is -0.633. The summed E-state index contributed by atoms with van der Waals surface area (Å²) in [5.41, 5.74) is 0.472. The van der Waals surface area contributed by atoms with Gasteiger partial charge < -0.3 is 15.1 Å². The Balaban J connectivity index is 1.64.